The summed E-state index contributed by atoms with van der Waals surface area (Å²) in [5, 5.41) is 2.52. The van der Waals surface area contributed by atoms with Gasteiger partial charge in [0, 0.05) is 32.3 Å². The minimum Gasteiger partial charge on any atom is -0.492 e. The zero-order valence-corrected chi connectivity index (χ0v) is 17.6. The van der Waals surface area contributed by atoms with Gasteiger partial charge in [0.1, 0.15) is 12.4 Å². The van der Waals surface area contributed by atoms with Crippen LogP contribution in [-0.4, -0.2) is 50.3 Å². The molecule has 1 saturated heterocycles. The monoisotopic (exact) mass is 438 g/mol. The van der Waals surface area contributed by atoms with Crippen LogP contribution in [0.5, 0.6) is 5.75 Å². The Morgan fingerprint density at radius 3 is 2.73 bits per heavy atom. The van der Waals surface area contributed by atoms with Crippen LogP contribution < -0.4 is 10.1 Å². The molecule has 1 aliphatic rings. The Hall–Kier alpha value is -2.22. The number of hydrogen-bond donors (Lipinski definition) is 1. The minimum atomic E-state index is -1.12. The van der Waals surface area contributed by atoms with Crippen LogP contribution in [0.3, 0.4) is 0 Å². The Bertz CT molecular complexity index is 875. The molecule has 0 unspecified atom stereocenters. The highest BCUT2D eigenvalue weighted by Crippen LogP contribution is 2.20. The van der Waals surface area contributed by atoms with Gasteiger partial charge in [-0.3, -0.25) is 9.69 Å². The number of likely N-dealkylation sites (N-methyl/N-ethyl adjacent to an activating group) is 1. The van der Waals surface area contributed by atoms with E-state index in [0.717, 1.165) is 50.3 Å². The van der Waals surface area contributed by atoms with Crippen molar-refractivity contribution in [2.24, 2.45) is 0 Å². The normalized spacial score (nSPS) is 14.7. The predicted molar refractivity (Wildman–Crippen MR) is 111 cm³/mol. The van der Waals surface area contributed by atoms with Gasteiger partial charge in [0.05, 0.1) is 10.6 Å². The van der Waals surface area contributed by atoms with E-state index in [4.69, 9.17) is 21.1 Å². The summed E-state index contributed by atoms with van der Waals surface area (Å²) < 4.78 is 37.8. The van der Waals surface area contributed by atoms with Crippen LogP contribution in [0.1, 0.15) is 28.8 Å². The van der Waals surface area contributed by atoms with E-state index < -0.39 is 17.5 Å². The van der Waals surface area contributed by atoms with Crippen molar-refractivity contribution in [1.29, 1.82) is 0 Å². The van der Waals surface area contributed by atoms with E-state index in [1.54, 1.807) is 0 Å². The lowest BCUT2D eigenvalue weighted by Gasteiger charge is -2.31. The highest BCUT2D eigenvalue weighted by atomic mass is 35.5. The largest absolute Gasteiger partial charge is 0.492 e. The second-order valence-electron chi connectivity index (χ2n) is 7.25. The number of nitrogens with zero attached hydrogens (tertiary/aromatic N) is 1. The summed E-state index contributed by atoms with van der Waals surface area (Å²) in [5.74, 6) is -2.09. The lowest BCUT2D eigenvalue weighted by Crippen LogP contribution is -2.38. The molecule has 0 atom stereocenters. The van der Waals surface area contributed by atoms with Gasteiger partial charge in [-0.1, -0.05) is 23.7 Å². The van der Waals surface area contributed by atoms with Gasteiger partial charge in [0.15, 0.2) is 11.6 Å². The summed E-state index contributed by atoms with van der Waals surface area (Å²) in [4.78, 5) is 14.5. The Labute approximate surface area is 179 Å². The molecule has 0 spiro atoms. The fourth-order valence-corrected chi connectivity index (χ4v) is 3.57. The van der Waals surface area contributed by atoms with Crippen molar-refractivity contribution in [2.75, 3.05) is 33.4 Å². The first-order chi connectivity index (χ1) is 14.4. The van der Waals surface area contributed by atoms with E-state index in [1.165, 1.54) is 0 Å². The van der Waals surface area contributed by atoms with Crippen LogP contribution in [0.2, 0.25) is 5.02 Å². The van der Waals surface area contributed by atoms with Crippen LogP contribution in [0.15, 0.2) is 36.4 Å². The molecule has 1 N–H and O–H groups in total. The average Bonchev–Trinajstić information content (AvgIpc) is 2.75. The highest BCUT2D eigenvalue weighted by molar-refractivity contribution is 6.33. The SMILES string of the molecule is CN(CCOc1cccc(CNC(=O)c2cc(F)c(F)cc2Cl)c1)C1CCOCC1. The van der Waals surface area contributed by atoms with E-state index in [2.05, 4.69) is 17.3 Å². The van der Waals surface area contributed by atoms with Crippen molar-refractivity contribution in [3.8, 4) is 5.75 Å². The number of amides is 1. The summed E-state index contributed by atoms with van der Waals surface area (Å²) in [5.41, 5.74) is 0.705. The van der Waals surface area contributed by atoms with Crippen LogP contribution in [0.25, 0.3) is 0 Å². The van der Waals surface area contributed by atoms with E-state index in [0.29, 0.717) is 18.4 Å². The second kappa shape index (κ2) is 10.7. The first-order valence-electron chi connectivity index (χ1n) is 9.86. The number of nitrogens with one attached hydrogen (secondary N) is 1. The molecule has 0 radical (unpaired) electrons. The Morgan fingerprint density at radius 2 is 1.97 bits per heavy atom. The fourth-order valence-electron chi connectivity index (χ4n) is 3.34. The van der Waals surface area contributed by atoms with Gasteiger partial charge >= 0.3 is 0 Å². The van der Waals surface area contributed by atoms with Gasteiger partial charge in [-0.2, -0.15) is 0 Å². The zero-order chi connectivity index (χ0) is 21.5. The topological polar surface area (TPSA) is 50.8 Å². The zero-order valence-electron chi connectivity index (χ0n) is 16.8. The summed E-state index contributed by atoms with van der Waals surface area (Å²) in [6.45, 7) is 3.17. The molecule has 0 bridgehead atoms. The Balaban J connectivity index is 1.49. The summed E-state index contributed by atoms with van der Waals surface area (Å²) in [6.07, 6.45) is 2.07. The van der Waals surface area contributed by atoms with E-state index in [9.17, 15) is 13.6 Å². The third kappa shape index (κ3) is 6.14. The molecule has 2 aromatic rings. The molecule has 30 heavy (non-hydrogen) atoms. The first-order valence-corrected chi connectivity index (χ1v) is 10.2. The van der Waals surface area contributed by atoms with Gasteiger partial charge in [0.25, 0.3) is 5.91 Å². The maximum atomic E-state index is 13.4. The maximum absolute atomic E-state index is 13.4. The predicted octanol–water partition coefficient (Wildman–Crippen LogP) is 4.04. The van der Waals surface area contributed by atoms with Gasteiger partial charge < -0.3 is 14.8 Å². The minimum absolute atomic E-state index is 0.112. The number of ether oxygens (including phenoxy) is 2. The molecule has 0 saturated carbocycles. The lowest BCUT2D eigenvalue weighted by molar-refractivity contribution is 0.0392. The van der Waals surface area contributed by atoms with Gasteiger partial charge in [-0.05, 0) is 49.7 Å². The quantitative estimate of drug-likeness (QED) is 0.632. The van der Waals surface area contributed by atoms with Crippen molar-refractivity contribution in [3.63, 3.8) is 0 Å². The van der Waals surface area contributed by atoms with Crippen molar-refractivity contribution >= 4 is 17.5 Å². The molecule has 1 aliphatic heterocycles. The molecular weight excluding hydrogens is 414 g/mol. The molecule has 3 rings (SSSR count). The van der Waals surface area contributed by atoms with Crippen LogP contribution in [-0.2, 0) is 11.3 Å². The van der Waals surface area contributed by atoms with Crippen molar-refractivity contribution in [3.05, 3.63) is 64.2 Å². The number of benzene rings is 2. The number of carbonyl (C=O) groups is 1. The van der Waals surface area contributed by atoms with E-state index >= 15 is 0 Å². The van der Waals surface area contributed by atoms with E-state index in [1.807, 2.05) is 24.3 Å². The third-order valence-electron chi connectivity index (χ3n) is 5.13. The summed E-state index contributed by atoms with van der Waals surface area (Å²) >= 11 is 5.84. The molecule has 1 heterocycles. The molecule has 0 aromatic heterocycles. The molecule has 162 valence electrons. The molecule has 5 nitrogen and oxygen atoms in total. The van der Waals surface area contributed by atoms with Gasteiger partial charge in [-0.15, -0.1) is 0 Å². The van der Waals surface area contributed by atoms with Crippen LogP contribution in [0.4, 0.5) is 8.78 Å². The number of hydrogen-bond acceptors (Lipinski definition) is 4. The second-order valence-corrected chi connectivity index (χ2v) is 7.66. The third-order valence-corrected chi connectivity index (χ3v) is 5.45. The Kier molecular flexibility index (Phi) is 8.01. The Morgan fingerprint density at radius 1 is 1.23 bits per heavy atom. The molecule has 8 heteroatoms. The van der Waals surface area contributed by atoms with Crippen LogP contribution in [0, 0.1) is 11.6 Å². The molecule has 0 aliphatic carbocycles. The molecular formula is C22H25ClF2N2O3. The molecule has 1 fully saturated rings. The van der Waals surface area contributed by atoms with Crippen LogP contribution >= 0.6 is 11.6 Å². The smallest absolute Gasteiger partial charge is 0.253 e. The van der Waals surface area contributed by atoms with E-state index in [-0.39, 0.29) is 17.1 Å². The van der Waals surface area contributed by atoms with Gasteiger partial charge in [-0.25, -0.2) is 8.78 Å². The maximum Gasteiger partial charge on any atom is 0.253 e. The standard InChI is InChI=1S/C22H25ClF2N2O3/c1-27(16-5-8-29-9-6-16)7-10-30-17-4-2-3-15(11-17)14-26-22(28)18-12-20(24)21(25)13-19(18)23/h2-4,11-13,16H,5-10,14H2,1H3,(H,26,28). The number of carbonyl (C=O) groups excluding carboxylic acids is 1. The summed E-state index contributed by atoms with van der Waals surface area (Å²) in [6, 6.07) is 9.47. The average molecular weight is 439 g/mol. The summed E-state index contributed by atoms with van der Waals surface area (Å²) in [7, 11) is 2.09. The fraction of sp³-hybridized carbons (Fsp3) is 0.409. The van der Waals surface area contributed by atoms with Crippen molar-refractivity contribution < 1.29 is 23.0 Å². The lowest BCUT2D eigenvalue weighted by atomic mass is 10.1. The number of rotatable bonds is 8. The van der Waals surface area contributed by atoms with Crippen molar-refractivity contribution in [2.45, 2.75) is 25.4 Å². The first kappa shape index (κ1) is 22.5. The molecule has 1 amide bonds. The highest BCUT2D eigenvalue weighted by Gasteiger charge is 2.18. The number of halogens is 3. The van der Waals surface area contributed by atoms with Crippen molar-refractivity contribution in [1.82, 2.24) is 10.2 Å². The molecule has 2 aromatic carbocycles. The van der Waals surface area contributed by atoms with Gasteiger partial charge in [0.2, 0.25) is 0 Å².